The third-order valence-electron chi connectivity index (χ3n) is 3.05. The number of nitrogens with one attached hydrogen (secondary N) is 1. The lowest BCUT2D eigenvalue weighted by Gasteiger charge is -2.18. The standard InChI is InChI=1S/C17H15N5O2/c1-12(23)22(15-7-5-14(19)6-8-15)17(24)13(10-18)11-21-16-4-2-3-9-20-16/h2-9,11H,19H2,1H3,(H,20,21)/b13-11-. The van der Waals surface area contributed by atoms with Gasteiger partial charge in [0, 0.05) is 25.0 Å². The number of hydrogen-bond acceptors (Lipinski definition) is 6. The van der Waals surface area contributed by atoms with Crippen LogP contribution in [-0.4, -0.2) is 16.8 Å². The summed E-state index contributed by atoms with van der Waals surface area (Å²) in [5.41, 5.74) is 6.22. The SMILES string of the molecule is CC(=O)N(C(=O)/C(C#N)=C\Nc1ccccn1)c1ccc(N)cc1. The Bertz CT molecular complexity index is 807. The van der Waals surface area contributed by atoms with Crippen LogP contribution in [0, 0.1) is 11.3 Å². The zero-order chi connectivity index (χ0) is 17.5. The summed E-state index contributed by atoms with van der Waals surface area (Å²) in [5, 5.41) is 12.0. The van der Waals surface area contributed by atoms with Crippen molar-refractivity contribution in [2.24, 2.45) is 0 Å². The smallest absolute Gasteiger partial charge is 0.277 e. The van der Waals surface area contributed by atoms with Crippen molar-refractivity contribution in [1.29, 1.82) is 5.26 Å². The number of nitrogen functional groups attached to an aromatic ring is 1. The molecule has 2 rings (SSSR count). The minimum absolute atomic E-state index is 0.229. The maximum Gasteiger partial charge on any atom is 0.277 e. The van der Waals surface area contributed by atoms with E-state index < -0.39 is 11.8 Å². The Balaban J connectivity index is 2.28. The fraction of sp³-hybridized carbons (Fsp3) is 0.0588. The maximum absolute atomic E-state index is 12.5. The highest BCUT2D eigenvalue weighted by atomic mass is 16.2. The van der Waals surface area contributed by atoms with Crippen LogP contribution in [0.15, 0.2) is 60.4 Å². The number of carbonyl (C=O) groups is 2. The Labute approximate surface area is 139 Å². The zero-order valence-electron chi connectivity index (χ0n) is 12.9. The molecule has 120 valence electrons. The third kappa shape index (κ3) is 3.96. The number of pyridine rings is 1. The van der Waals surface area contributed by atoms with E-state index in [1.54, 1.807) is 42.6 Å². The van der Waals surface area contributed by atoms with Gasteiger partial charge in [-0.1, -0.05) is 6.07 Å². The summed E-state index contributed by atoms with van der Waals surface area (Å²) in [7, 11) is 0. The lowest BCUT2D eigenvalue weighted by Crippen LogP contribution is -2.36. The number of nitrogens with two attached hydrogens (primary N) is 1. The first-order chi connectivity index (χ1) is 11.5. The summed E-state index contributed by atoms with van der Waals surface area (Å²) < 4.78 is 0. The van der Waals surface area contributed by atoms with Gasteiger partial charge in [0.15, 0.2) is 0 Å². The molecule has 0 saturated carbocycles. The minimum atomic E-state index is -0.738. The molecule has 0 unspecified atom stereocenters. The minimum Gasteiger partial charge on any atom is -0.399 e. The van der Waals surface area contributed by atoms with E-state index in [4.69, 9.17) is 5.73 Å². The molecule has 0 aliphatic carbocycles. The van der Waals surface area contributed by atoms with Crippen molar-refractivity contribution in [2.75, 3.05) is 16.0 Å². The molecule has 24 heavy (non-hydrogen) atoms. The number of imide groups is 1. The number of nitrogens with zero attached hydrogens (tertiary/aromatic N) is 3. The summed E-state index contributed by atoms with van der Waals surface area (Å²) in [5.74, 6) is -0.776. The van der Waals surface area contributed by atoms with E-state index in [1.807, 2.05) is 0 Å². The number of hydrogen-bond donors (Lipinski definition) is 2. The quantitative estimate of drug-likeness (QED) is 0.506. The van der Waals surface area contributed by atoms with Crippen LogP contribution in [0.4, 0.5) is 17.2 Å². The van der Waals surface area contributed by atoms with Gasteiger partial charge in [0.2, 0.25) is 5.91 Å². The fourth-order valence-electron chi connectivity index (χ4n) is 1.92. The summed E-state index contributed by atoms with van der Waals surface area (Å²) in [4.78, 5) is 29.3. The largest absolute Gasteiger partial charge is 0.399 e. The molecule has 3 N–H and O–H groups in total. The Hall–Kier alpha value is -3.66. The van der Waals surface area contributed by atoms with Gasteiger partial charge in [-0.2, -0.15) is 5.26 Å². The number of amides is 2. The Kier molecular flexibility index (Phi) is 5.26. The van der Waals surface area contributed by atoms with Crippen LogP contribution >= 0.6 is 0 Å². The summed E-state index contributed by atoms with van der Waals surface area (Å²) in [6.07, 6.45) is 2.79. The summed E-state index contributed by atoms with van der Waals surface area (Å²) >= 11 is 0. The molecular weight excluding hydrogens is 306 g/mol. The van der Waals surface area contributed by atoms with Crippen LogP contribution in [0.1, 0.15) is 6.92 Å². The number of benzene rings is 1. The van der Waals surface area contributed by atoms with Gasteiger partial charge in [-0.05, 0) is 36.4 Å². The third-order valence-corrected chi connectivity index (χ3v) is 3.05. The number of carbonyl (C=O) groups excluding carboxylic acids is 2. The lowest BCUT2D eigenvalue weighted by atomic mass is 10.2. The molecule has 1 aromatic heterocycles. The van der Waals surface area contributed by atoms with Gasteiger partial charge in [-0.15, -0.1) is 0 Å². The molecule has 7 nitrogen and oxygen atoms in total. The Morgan fingerprint density at radius 3 is 2.50 bits per heavy atom. The molecule has 0 bridgehead atoms. The van der Waals surface area contributed by atoms with Gasteiger partial charge in [-0.25, -0.2) is 9.88 Å². The first kappa shape index (κ1) is 16.7. The number of anilines is 3. The highest BCUT2D eigenvalue weighted by Gasteiger charge is 2.23. The van der Waals surface area contributed by atoms with Crippen LogP contribution in [0.25, 0.3) is 0 Å². The Morgan fingerprint density at radius 1 is 1.25 bits per heavy atom. The van der Waals surface area contributed by atoms with Gasteiger partial charge in [0.05, 0.1) is 5.69 Å². The molecule has 0 radical (unpaired) electrons. The van der Waals surface area contributed by atoms with Gasteiger partial charge in [0.25, 0.3) is 5.91 Å². The normalized spacial score (nSPS) is 10.6. The number of aromatic nitrogens is 1. The highest BCUT2D eigenvalue weighted by Crippen LogP contribution is 2.19. The van der Waals surface area contributed by atoms with Crippen LogP contribution in [0.3, 0.4) is 0 Å². The monoisotopic (exact) mass is 321 g/mol. The van der Waals surface area contributed by atoms with E-state index in [2.05, 4.69) is 10.3 Å². The molecule has 2 amide bonds. The molecule has 7 heteroatoms. The summed E-state index contributed by atoms with van der Waals surface area (Å²) in [6.45, 7) is 1.25. The second kappa shape index (κ2) is 7.56. The Morgan fingerprint density at radius 2 is 1.96 bits per heavy atom. The van der Waals surface area contributed by atoms with Crippen LogP contribution < -0.4 is 16.0 Å². The van der Waals surface area contributed by atoms with Crippen molar-refractivity contribution in [2.45, 2.75) is 6.92 Å². The zero-order valence-corrected chi connectivity index (χ0v) is 12.9. The maximum atomic E-state index is 12.5. The molecule has 0 atom stereocenters. The molecular formula is C17H15N5O2. The molecule has 2 aromatic rings. The molecule has 1 aromatic carbocycles. The molecule has 0 aliphatic heterocycles. The van der Waals surface area contributed by atoms with Gasteiger partial charge in [-0.3, -0.25) is 9.59 Å². The van der Waals surface area contributed by atoms with Gasteiger partial charge < -0.3 is 11.1 Å². The summed E-state index contributed by atoms with van der Waals surface area (Å²) in [6, 6.07) is 13.2. The topological polar surface area (TPSA) is 112 Å². The van der Waals surface area contributed by atoms with E-state index in [0.29, 0.717) is 17.2 Å². The van der Waals surface area contributed by atoms with Crippen molar-refractivity contribution in [3.8, 4) is 6.07 Å². The van der Waals surface area contributed by atoms with E-state index >= 15 is 0 Å². The molecule has 0 aliphatic rings. The average molecular weight is 321 g/mol. The van der Waals surface area contributed by atoms with Gasteiger partial charge >= 0.3 is 0 Å². The second-order valence-electron chi connectivity index (χ2n) is 4.78. The molecule has 0 saturated heterocycles. The van der Waals surface area contributed by atoms with E-state index in [0.717, 1.165) is 4.90 Å². The van der Waals surface area contributed by atoms with Crippen molar-refractivity contribution in [1.82, 2.24) is 4.98 Å². The first-order valence-corrected chi connectivity index (χ1v) is 7.01. The highest BCUT2D eigenvalue weighted by molar-refractivity contribution is 6.21. The van der Waals surface area contributed by atoms with Crippen molar-refractivity contribution in [3.63, 3.8) is 0 Å². The van der Waals surface area contributed by atoms with E-state index in [9.17, 15) is 14.9 Å². The fourth-order valence-corrected chi connectivity index (χ4v) is 1.92. The number of nitriles is 1. The average Bonchev–Trinajstić information content (AvgIpc) is 2.58. The van der Waals surface area contributed by atoms with Crippen LogP contribution in [0.5, 0.6) is 0 Å². The van der Waals surface area contributed by atoms with Crippen molar-refractivity contribution in [3.05, 3.63) is 60.4 Å². The van der Waals surface area contributed by atoms with Crippen LogP contribution in [-0.2, 0) is 9.59 Å². The predicted molar refractivity (Wildman–Crippen MR) is 90.6 cm³/mol. The molecule has 0 spiro atoms. The van der Waals surface area contributed by atoms with E-state index in [1.165, 1.54) is 25.3 Å². The van der Waals surface area contributed by atoms with Crippen LogP contribution in [0.2, 0.25) is 0 Å². The van der Waals surface area contributed by atoms with Crippen molar-refractivity contribution < 1.29 is 9.59 Å². The lowest BCUT2D eigenvalue weighted by molar-refractivity contribution is -0.123. The predicted octanol–water partition coefficient (Wildman–Crippen LogP) is 2.06. The second-order valence-corrected chi connectivity index (χ2v) is 4.78. The van der Waals surface area contributed by atoms with E-state index in [-0.39, 0.29) is 5.57 Å². The first-order valence-electron chi connectivity index (χ1n) is 7.01. The van der Waals surface area contributed by atoms with Gasteiger partial charge in [0.1, 0.15) is 17.5 Å². The molecule has 0 fully saturated rings. The molecule has 1 heterocycles. The number of rotatable bonds is 4. The van der Waals surface area contributed by atoms with Crippen molar-refractivity contribution >= 4 is 29.0 Å².